The van der Waals surface area contributed by atoms with Gasteiger partial charge in [0, 0.05) is 17.5 Å². The second kappa shape index (κ2) is 5.91. The van der Waals surface area contributed by atoms with Crippen LogP contribution in [0.15, 0.2) is 29.0 Å². The molecule has 0 saturated heterocycles. The first-order valence-corrected chi connectivity index (χ1v) is 10.5. The molecule has 5 rings (SSSR count). The van der Waals surface area contributed by atoms with Gasteiger partial charge in [-0.15, -0.1) is 22.7 Å². The quantitative estimate of drug-likeness (QED) is 0.673. The van der Waals surface area contributed by atoms with Crippen LogP contribution in [0, 0.1) is 10.7 Å². The third-order valence-electron chi connectivity index (χ3n) is 4.94. The van der Waals surface area contributed by atoms with Crippen molar-refractivity contribution in [2.75, 3.05) is 6.54 Å². The van der Waals surface area contributed by atoms with Gasteiger partial charge in [-0.2, -0.15) is 4.98 Å². The Balaban J connectivity index is 1.44. The summed E-state index contributed by atoms with van der Waals surface area (Å²) < 4.78 is 2.67. The van der Waals surface area contributed by atoms with Crippen molar-refractivity contribution in [1.82, 2.24) is 19.7 Å². The van der Waals surface area contributed by atoms with Crippen LogP contribution in [0.3, 0.4) is 0 Å². The normalized spacial score (nSPS) is 21.1. The van der Waals surface area contributed by atoms with Crippen molar-refractivity contribution in [1.29, 1.82) is 0 Å². The van der Waals surface area contributed by atoms with Crippen LogP contribution >= 0.6 is 34.9 Å². The second-order valence-electron chi connectivity index (χ2n) is 6.55. The van der Waals surface area contributed by atoms with Crippen molar-refractivity contribution in [2.24, 2.45) is 5.92 Å². The number of hydrogen-bond donors (Lipinski definition) is 1. The summed E-state index contributed by atoms with van der Waals surface area (Å²) in [6, 6.07) is 7.00. The number of aromatic amines is 1. The predicted molar refractivity (Wildman–Crippen MR) is 101 cm³/mol. The Morgan fingerprint density at radius 1 is 1.25 bits per heavy atom. The maximum Gasteiger partial charge on any atom is 0.217 e. The molecule has 1 fully saturated rings. The molecule has 1 aliphatic carbocycles. The van der Waals surface area contributed by atoms with E-state index in [2.05, 4.69) is 37.9 Å². The van der Waals surface area contributed by atoms with Crippen molar-refractivity contribution in [3.63, 3.8) is 0 Å². The molecule has 3 aromatic rings. The van der Waals surface area contributed by atoms with Crippen molar-refractivity contribution in [3.8, 4) is 10.7 Å². The lowest BCUT2D eigenvalue weighted by molar-refractivity contribution is 0.117. The molecule has 24 heavy (non-hydrogen) atoms. The van der Waals surface area contributed by atoms with Gasteiger partial charge in [-0.1, -0.05) is 6.07 Å². The van der Waals surface area contributed by atoms with Gasteiger partial charge in [0.1, 0.15) is 0 Å². The molecule has 0 spiro atoms. The van der Waals surface area contributed by atoms with Crippen LogP contribution in [-0.4, -0.2) is 26.2 Å². The van der Waals surface area contributed by atoms with Crippen LogP contribution in [0.25, 0.3) is 10.7 Å². The molecular weight excluding hydrogens is 356 g/mol. The van der Waals surface area contributed by atoms with Gasteiger partial charge in [-0.25, -0.2) is 4.68 Å². The van der Waals surface area contributed by atoms with Gasteiger partial charge in [0.05, 0.1) is 11.5 Å². The van der Waals surface area contributed by atoms with E-state index in [-0.39, 0.29) is 0 Å². The summed E-state index contributed by atoms with van der Waals surface area (Å²) in [5.41, 5.74) is 1.55. The third-order valence-corrected chi connectivity index (χ3v) is 7.13. The number of H-pyrrole nitrogens is 1. The largest absolute Gasteiger partial charge is 0.277 e. The van der Waals surface area contributed by atoms with E-state index in [1.807, 2.05) is 22.1 Å². The van der Waals surface area contributed by atoms with Crippen molar-refractivity contribution in [2.45, 2.75) is 32.0 Å². The van der Waals surface area contributed by atoms with Gasteiger partial charge in [-0.3, -0.25) is 10.00 Å². The fourth-order valence-electron chi connectivity index (χ4n) is 3.68. The molecule has 3 aromatic heterocycles. The third kappa shape index (κ3) is 2.60. The number of thiophene rings is 2. The summed E-state index contributed by atoms with van der Waals surface area (Å²) in [7, 11) is 0. The van der Waals surface area contributed by atoms with Crippen LogP contribution in [0.1, 0.15) is 29.3 Å². The Hall–Kier alpha value is -1.28. The summed E-state index contributed by atoms with van der Waals surface area (Å²) in [6.07, 6.45) is 3.85. The molecular formula is C17H18N4S3. The molecule has 4 nitrogen and oxygen atoms in total. The summed E-state index contributed by atoms with van der Waals surface area (Å²) in [5, 5.41) is 7.72. The molecule has 2 aliphatic rings. The van der Waals surface area contributed by atoms with Gasteiger partial charge in [-0.05, 0) is 65.9 Å². The van der Waals surface area contributed by atoms with Crippen LogP contribution < -0.4 is 0 Å². The summed E-state index contributed by atoms with van der Waals surface area (Å²) in [5.74, 6) is 1.69. The minimum atomic E-state index is 0.551. The zero-order chi connectivity index (χ0) is 16.1. The lowest BCUT2D eigenvalue weighted by Crippen LogP contribution is -2.37. The second-order valence-corrected chi connectivity index (χ2v) is 8.86. The minimum Gasteiger partial charge on any atom is -0.277 e. The highest BCUT2D eigenvalue weighted by Gasteiger charge is 2.40. The molecule has 0 radical (unpaired) electrons. The minimum absolute atomic E-state index is 0.551. The molecule has 0 bridgehead atoms. The standard InChI is InChI=1S/C17H18N4S3/c22-17-18-16(14-2-1-8-23-14)19-21(17)10-20-7-5-13-12(6-9-24-13)15(20)11-3-4-11/h1-2,6,8-9,11,15H,3-5,7,10H2,(H,18,19,22)/t15-/m1/s1. The van der Waals surface area contributed by atoms with Crippen molar-refractivity contribution in [3.05, 3.63) is 44.2 Å². The highest BCUT2D eigenvalue weighted by atomic mass is 32.1. The molecule has 1 atom stereocenters. The van der Waals surface area contributed by atoms with E-state index in [9.17, 15) is 0 Å². The van der Waals surface area contributed by atoms with E-state index in [1.165, 1.54) is 12.8 Å². The highest BCUT2D eigenvalue weighted by Crippen LogP contribution is 2.48. The highest BCUT2D eigenvalue weighted by molar-refractivity contribution is 7.71. The van der Waals surface area contributed by atoms with Gasteiger partial charge in [0.25, 0.3) is 0 Å². The Bertz CT molecular complexity index is 901. The van der Waals surface area contributed by atoms with E-state index in [0.29, 0.717) is 10.8 Å². The Morgan fingerprint density at radius 2 is 2.17 bits per heavy atom. The van der Waals surface area contributed by atoms with Crippen LogP contribution in [0.5, 0.6) is 0 Å². The molecule has 0 aromatic carbocycles. The average Bonchev–Trinajstić information content (AvgIpc) is 3.00. The lowest BCUT2D eigenvalue weighted by Gasteiger charge is -2.36. The molecule has 0 unspecified atom stereocenters. The Labute approximate surface area is 153 Å². The van der Waals surface area contributed by atoms with Crippen LogP contribution in [-0.2, 0) is 13.1 Å². The maximum atomic E-state index is 5.50. The van der Waals surface area contributed by atoms with Gasteiger partial charge >= 0.3 is 0 Å². The number of fused-ring (bicyclic) bond motifs is 1. The number of hydrogen-bond acceptors (Lipinski definition) is 5. The first-order valence-electron chi connectivity index (χ1n) is 8.30. The van der Waals surface area contributed by atoms with E-state index in [1.54, 1.807) is 21.8 Å². The summed E-state index contributed by atoms with van der Waals surface area (Å²) in [6.45, 7) is 1.90. The first-order chi connectivity index (χ1) is 11.8. The molecule has 7 heteroatoms. The SMILES string of the molecule is S=c1nc(-c2cccs2)[nH]n1CN1CCc2sccc2[C@H]1C1CC1. The molecule has 1 N–H and O–H groups in total. The maximum absolute atomic E-state index is 5.50. The Morgan fingerprint density at radius 3 is 2.96 bits per heavy atom. The average molecular weight is 375 g/mol. The predicted octanol–water partition coefficient (Wildman–Crippen LogP) is 4.70. The van der Waals surface area contributed by atoms with Gasteiger partial charge < -0.3 is 0 Å². The smallest absolute Gasteiger partial charge is 0.217 e. The monoisotopic (exact) mass is 374 g/mol. The van der Waals surface area contributed by atoms with Crippen molar-refractivity contribution < 1.29 is 0 Å². The number of rotatable bonds is 4. The molecule has 1 saturated carbocycles. The summed E-state index contributed by atoms with van der Waals surface area (Å²) in [4.78, 5) is 9.84. The fourth-order valence-corrected chi connectivity index (χ4v) is 5.45. The van der Waals surface area contributed by atoms with Crippen LogP contribution in [0.4, 0.5) is 0 Å². The number of nitrogens with one attached hydrogen (secondary N) is 1. The molecule has 4 heterocycles. The first kappa shape index (κ1) is 15.0. The number of aromatic nitrogens is 3. The fraction of sp³-hybridized carbons (Fsp3) is 0.412. The van der Waals surface area contributed by atoms with E-state index < -0.39 is 0 Å². The van der Waals surface area contributed by atoms with Gasteiger partial charge in [0.2, 0.25) is 4.77 Å². The van der Waals surface area contributed by atoms with Crippen LogP contribution in [0.2, 0.25) is 0 Å². The lowest BCUT2D eigenvalue weighted by atomic mass is 9.96. The van der Waals surface area contributed by atoms with Crippen molar-refractivity contribution >= 4 is 34.9 Å². The zero-order valence-corrected chi connectivity index (χ0v) is 15.6. The Kier molecular flexibility index (Phi) is 3.70. The van der Waals surface area contributed by atoms with E-state index in [0.717, 1.165) is 36.3 Å². The van der Waals surface area contributed by atoms with Gasteiger partial charge in [0.15, 0.2) is 5.82 Å². The molecule has 1 aliphatic heterocycles. The molecule has 0 amide bonds. The number of nitrogens with zero attached hydrogens (tertiary/aromatic N) is 3. The zero-order valence-electron chi connectivity index (χ0n) is 13.1. The summed E-state index contributed by atoms with van der Waals surface area (Å²) >= 11 is 9.10. The van der Waals surface area contributed by atoms with E-state index in [4.69, 9.17) is 12.2 Å². The molecule has 124 valence electrons. The topological polar surface area (TPSA) is 36.9 Å². The van der Waals surface area contributed by atoms with E-state index >= 15 is 0 Å².